The fourth-order valence-electron chi connectivity index (χ4n) is 2.84. The van der Waals surface area contributed by atoms with E-state index in [9.17, 15) is 4.79 Å². The fourth-order valence-corrected chi connectivity index (χ4v) is 2.84. The van der Waals surface area contributed by atoms with Crippen molar-refractivity contribution in [2.45, 2.75) is 39.1 Å². The molecule has 2 aromatic rings. The minimum absolute atomic E-state index is 0.125. The Hall–Kier alpha value is -2.28. The Morgan fingerprint density at radius 1 is 1.04 bits per heavy atom. The highest BCUT2D eigenvalue weighted by atomic mass is 16.7. The molecule has 1 amide bonds. The number of ether oxygens (including phenoxy) is 2. The van der Waals surface area contributed by atoms with E-state index in [0.29, 0.717) is 32.7 Å². The van der Waals surface area contributed by atoms with Gasteiger partial charge in [0, 0.05) is 32.2 Å². The summed E-state index contributed by atoms with van der Waals surface area (Å²) in [7, 11) is 0. The standard InChI is InChI=1S/C21H29N3O3/c1-3-26-20(27-4-2)16-24(15-18-10-12-23-13-11-18)21(25)19(22)14-17-8-6-5-7-9-17/h5-13,19-20H,3-4,14-16,22H2,1-2H3/t19-/m0/s1. The number of nitrogens with zero attached hydrogens (tertiary/aromatic N) is 2. The largest absolute Gasteiger partial charge is 0.351 e. The Morgan fingerprint density at radius 2 is 1.67 bits per heavy atom. The van der Waals surface area contributed by atoms with Crippen LogP contribution in [0.4, 0.5) is 0 Å². The first-order valence-corrected chi connectivity index (χ1v) is 9.34. The van der Waals surface area contributed by atoms with E-state index in [0.717, 1.165) is 11.1 Å². The number of hydrogen-bond acceptors (Lipinski definition) is 5. The molecule has 2 rings (SSSR count). The molecule has 2 N–H and O–H groups in total. The van der Waals surface area contributed by atoms with E-state index in [-0.39, 0.29) is 5.91 Å². The van der Waals surface area contributed by atoms with Crippen molar-refractivity contribution in [1.82, 2.24) is 9.88 Å². The smallest absolute Gasteiger partial charge is 0.240 e. The summed E-state index contributed by atoms with van der Waals surface area (Å²) in [5, 5.41) is 0. The summed E-state index contributed by atoms with van der Waals surface area (Å²) < 4.78 is 11.3. The first-order valence-electron chi connectivity index (χ1n) is 9.34. The van der Waals surface area contributed by atoms with Gasteiger partial charge in [-0.25, -0.2) is 0 Å². The van der Waals surface area contributed by atoms with E-state index < -0.39 is 12.3 Å². The second kappa shape index (κ2) is 11.4. The zero-order chi connectivity index (χ0) is 19.5. The third kappa shape index (κ3) is 7.09. The molecule has 0 saturated heterocycles. The highest BCUT2D eigenvalue weighted by molar-refractivity contribution is 5.82. The van der Waals surface area contributed by atoms with Crippen LogP contribution < -0.4 is 5.73 Å². The minimum Gasteiger partial charge on any atom is -0.351 e. The molecule has 0 fully saturated rings. The van der Waals surface area contributed by atoms with Crippen molar-refractivity contribution >= 4 is 5.91 Å². The van der Waals surface area contributed by atoms with Crippen molar-refractivity contribution in [3.05, 3.63) is 66.0 Å². The van der Waals surface area contributed by atoms with Gasteiger partial charge in [0.15, 0.2) is 6.29 Å². The summed E-state index contributed by atoms with van der Waals surface area (Å²) in [6, 6.07) is 12.9. The Morgan fingerprint density at radius 3 is 2.26 bits per heavy atom. The Balaban J connectivity index is 2.12. The van der Waals surface area contributed by atoms with Gasteiger partial charge in [0.2, 0.25) is 5.91 Å². The average Bonchev–Trinajstić information content (AvgIpc) is 2.69. The number of carbonyl (C=O) groups excluding carboxylic acids is 1. The minimum atomic E-state index is -0.627. The van der Waals surface area contributed by atoms with Crippen LogP contribution in [0.1, 0.15) is 25.0 Å². The molecule has 0 radical (unpaired) electrons. The van der Waals surface area contributed by atoms with Gasteiger partial charge in [-0.05, 0) is 43.5 Å². The van der Waals surface area contributed by atoms with Crippen molar-refractivity contribution in [3.63, 3.8) is 0 Å². The number of amides is 1. The molecule has 6 nitrogen and oxygen atoms in total. The van der Waals surface area contributed by atoms with E-state index in [1.54, 1.807) is 17.3 Å². The molecule has 1 atom stereocenters. The molecule has 1 heterocycles. The normalized spacial score (nSPS) is 12.1. The van der Waals surface area contributed by atoms with Crippen LogP contribution >= 0.6 is 0 Å². The Labute approximate surface area is 161 Å². The molecule has 1 aromatic heterocycles. The molecule has 0 spiro atoms. The maximum Gasteiger partial charge on any atom is 0.240 e. The van der Waals surface area contributed by atoms with E-state index in [2.05, 4.69) is 4.98 Å². The Kier molecular flexibility index (Phi) is 8.91. The number of aromatic nitrogens is 1. The van der Waals surface area contributed by atoms with Crippen LogP contribution in [0.25, 0.3) is 0 Å². The van der Waals surface area contributed by atoms with Crippen LogP contribution in [0.15, 0.2) is 54.9 Å². The monoisotopic (exact) mass is 371 g/mol. The third-order valence-electron chi connectivity index (χ3n) is 4.12. The lowest BCUT2D eigenvalue weighted by Gasteiger charge is -2.29. The number of benzene rings is 1. The molecule has 0 aliphatic heterocycles. The van der Waals surface area contributed by atoms with Crippen LogP contribution in [0.5, 0.6) is 0 Å². The molecule has 6 heteroatoms. The molecule has 0 bridgehead atoms. The lowest BCUT2D eigenvalue weighted by Crippen LogP contribution is -2.48. The van der Waals surface area contributed by atoms with Gasteiger partial charge in [0.05, 0.1) is 12.6 Å². The zero-order valence-corrected chi connectivity index (χ0v) is 16.1. The second-order valence-electron chi connectivity index (χ2n) is 6.21. The van der Waals surface area contributed by atoms with Crippen molar-refractivity contribution < 1.29 is 14.3 Å². The summed E-state index contributed by atoms with van der Waals surface area (Å²) in [6.07, 6.45) is 3.43. The van der Waals surface area contributed by atoms with Crippen LogP contribution in [0, 0.1) is 0 Å². The second-order valence-corrected chi connectivity index (χ2v) is 6.21. The zero-order valence-electron chi connectivity index (χ0n) is 16.1. The topological polar surface area (TPSA) is 77.7 Å². The molecule has 0 aliphatic carbocycles. The molecular formula is C21H29N3O3. The van der Waals surface area contributed by atoms with Gasteiger partial charge in [0.1, 0.15) is 0 Å². The van der Waals surface area contributed by atoms with Crippen LogP contribution in [0.2, 0.25) is 0 Å². The molecular weight excluding hydrogens is 342 g/mol. The summed E-state index contributed by atoms with van der Waals surface area (Å²) in [4.78, 5) is 18.8. The van der Waals surface area contributed by atoms with Gasteiger partial charge >= 0.3 is 0 Å². The lowest BCUT2D eigenvalue weighted by atomic mass is 10.1. The van der Waals surface area contributed by atoms with Gasteiger partial charge in [-0.1, -0.05) is 30.3 Å². The summed E-state index contributed by atoms with van der Waals surface area (Å²) in [5.41, 5.74) is 8.26. The van der Waals surface area contributed by atoms with E-state index in [1.807, 2.05) is 56.3 Å². The van der Waals surface area contributed by atoms with Gasteiger partial charge in [-0.15, -0.1) is 0 Å². The quantitative estimate of drug-likeness (QED) is 0.614. The first kappa shape index (κ1) is 21.0. The first-order chi connectivity index (χ1) is 13.1. The van der Waals surface area contributed by atoms with Crippen LogP contribution in [0.3, 0.4) is 0 Å². The predicted molar refractivity (Wildman–Crippen MR) is 105 cm³/mol. The molecule has 0 saturated carbocycles. The van der Waals surface area contributed by atoms with E-state index in [1.165, 1.54) is 0 Å². The highest BCUT2D eigenvalue weighted by Crippen LogP contribution is 2.11. The third-order valence-corrected chi connectivity index (χ3v) is 4.12. The number of hydrogen-bond donors (Lipinski definition) is 1. The highest BCUT2D eigenvalue weighted by Gasteiger charge is 2.25. The molecule has 0 unspecified atom stereocenters. The summed E-state index contributed by atoms with van der Waals surface area (Å²) >= 11 is 0. The number of nitrogens with two attached hydrogens (primary N) is 1. The van der Waals surface area contributed by atoms with Crippen molar-refractivity contribution in [1.29, 1.82) is 0 Å². The lowest BCUT2D eigenvalue weighted by molar-refractivity contribution is -0.160. The van der Waals surface area contributed by atoms with E-state index >= 15 is 0 Å². The number of pyridine rings is 1. The SMILES string of the molecule is CCOC(CN(Cc1ccncc1)C(=O)[C@@H](N)Cc1ccccc1)OCC. The fraction of sp³-hybridized carbons (Fsp3) is 0.429. The van der Waals surface area contributed by atoms with E-state index in [4.69, 9.17) is 15.2 Å². The molecule has 0 aliphatic rings. The molecule has 1 aromatic carbocycles. The maximum atomic E-state index is 13.1. The van der Waals surface area contributed by atoms with Crippen molar-refractivity contribution in [3.8, 4) is 0 Å². The van der Waals surface area contributed by atoms with Gasteiger partial charge in [-0.3, -0.25) is 9.78 Å². The Bertz CT molecular complexity index is 661. The van der Waals surface area contributed by atoms with Gasteiger partial charge < -0.3 is 20.1 Å². The van der Waals surface area contributed by atoms with Crippen LogP contribution in [-0.4, -0.2) is 47.9 Å². The van der Waals surface area contributed by atoms with Crippen LogP contribution in [-0.2, 0) is 27.2 Å². The molecule has 146 valence electrons. The van der Waals surface area contributed by atoms with Crippen molar-refractivity contribution in [2.24, 2.45) is 5.73 Å². The number of carbonyl (C=O) groups is 1. The summed E-state index contributed by atoms with van der Waals surface area (Å²) in [6.45, 7) is 5.59. The van der Waals surface area contributed by atoms with Crippen molar-refractivity contribution in [2.75, 3.05) is 19.8 Å². The molecule has 27 heavy (non-hydrogen) atoms. The van der Waals surface area contributed by atoms with Gasteiger partial charge in [-0.2, -0.15) is 0 Å². The van der Waals surface area contributed by atoms with Gasteiger partial charge in [0.25, 0.3) is 0 Å². The average molecular weight is 371 g/mol. The number of rotatable bonds is 11. The maximum absolute atomic E-state index is 13.1. The predicted octanol–water partition coefficient (Wildman–Crippen LogP) is 2.38. The summed E-state index contributed by atoms with van der Waals surface area (Å²) in [5.74, 6) is -0.125.